The minimum atomic E-state index is -1.09. The Morgan fingerprint density at radius 2 is 1.08 bits per heavy atom. The van der Waals surface area contributed by atoms with Gasteiger partial charge in [0.2, 0.25) is 0 Å². The molecular formula is C36H44O2. The van der Waals surface area contributed by atoms with Crippen molar-refractivity contribution >= 4 is 0 Å². The third-order valence-electron chi connectivity index (χ3n) is 8.37. The summed E-state index contributed by atoms with van der Waals surface area (Å²) in [6.45, 7) is 25.0. The minimum Gasteiger partial charge on any atom is -0.378 e. The van der Waals surface area contributed by atoms with Crippen LogP contribution in [-0.2, 0) is 0 Å². The predicted molar refractivity (Wildman–Crippen MR) is 159 cm³/mol. The molecule has 0 heterocycles. The molecule has 0 aliphatic heterocycles. The summed E-state index contributed by atoms with van der Waals surface area (Å²) in [5.41, 5.74) is 6.14. The molecule has 4 aliphatic carbocycles. The Bertz CT molecular complexity index is 1440. The number of allylic oxidation sites excluding steroid dienone is 14. The zero-order valence-corrected chi connectivity index (χ0v) is 25.4. The fraction of sp³-hybridized carbons (Fsp3) is 0.500. The van der Waals surface area contributed by atoms with Crippen molar-refractivity contribution in [2.45, 2.75) is 94.3 Å². The van der Waals surface area contributed by atoms with E-state index < -0.39 is 11.2 Å². The largest absolute Gasteiger partial charge is 0.378 e. The predicted octanol–water partition coefficient (Wildman–Crippen LogP) is 7.55. The summed E-state index contributed by atoms with van der Waals surface area (Å²) in [4.78, 5) is 0. The van der Waals surface area contributed by atoms with Gasteiger partial charge in [-0.25, -0.2) is 0 Å². The van der Waals surface area contributed by atoms with Crippen molar-refractivity contribution in [2.75, 3.05) is 0 Å². The normalized spacial score (nSPS) is 26.8. The van der Waals surface area contributed by atoms with E-state index in [0.29, 0.717) is 0 Å². The van der Waals surface area contributed by atoms with Crippen LogP contribution in [0.1, 0.15) is 83.1 Å². The maximum absolute atomic E-state index is 10.5. The fourth-order valence-corrected chi connectivity index (χ4v) is 5.78. The van der Waals surface area contributed by atoms with Gasteiger partial charge < -0.3 is 10.2 Å². The van der Waals surface area contributed by atoms with E-state index in [-0.39, 0.29) is 21.7 Å². The monoisotopic (exact) mass is 508 g/mol. The highest BCUT2D eigenvalue weighted by molar-refractivity contribution is 5.76. The minimum absolute atomic E-state index is 0.0597. The second-order valence-corrected chi connectivity index (χ2v) is 14.7. The number of hydrogen-bond acceptors (Lipinski definition) is 2. The third kappa shape index (κ3) is 4.64. The first-order valence-electron chi connectivity index (χ1n) is 13.7. The second-order valence-electron chi connectivity index (χ2n) is 14.7. The quantitative estimate of drug-likeness (QED) is 0.332. The van der Waals surface area contributed by atoms with E-state index in [4.69, 9.17) is 0 Å². The molecule has 2 nitrogen and oxygen atoms in total. The van der Waals surface area contributed by atoms with Gasteiger partial charge in [0.05, 0.1) is 0 Å². The molecule has 2 atom stereocenters. The van der Waals surface area contributed by atoms with Gasteiger partial charge >= 0.3 is 0 Å². The Balaban J connectivity index is 2.18. The first-order chi connectivity index (χ1) is 17.1. The van der Waals surface area contributed by atoms with Gasteiger partial charge in [-0.3, -0.25) is 0 Å². The molecule has 0 saturated carbocycles. The Labute approximate surface area is 230 Å². The molecule has 0 spiro atoms. The van der Waals surface area contributed by atoms with Crippen molar-refractivity contribution in [3.8, 4) is 23.7 Å². The van der Waals surface area contributed by atoms with E-state index in [1.807, 2.05) is 0 Å². The molecule has 0 radical (unpaired) electrons. The van der Waals surface area contributed by atoms with Gasteiger partial charge in [0.1, 0.15) is 11.2 Å². The van der Waals surface area contributed by atoms with Gasteiger partial charge in [-0.15, -0.1) is 0 Å². The van der Waals surface area contributed by atoms with Gasteiger partial charge in [0, 0.05) is 22.0 Å². The van der Waals surface area contributed by atoms with Crippen molar-refractivity contribution in [3.63, 3.8) is 0 Å². The second kappa shape index (κ2) is 8.36. The lowest BCUT2D eigenvalue weighted by Crippen LogP contribution is -2.49. The molecule has 38 heavy (non-hydrogen) atoms. The standard InChI is InChI=1S/C36H44O2/c1-31(2,3)25-19-27-17-24(14-16-34(9,10)38)30-22-26(32(4,5)6)20-28-18-23(13-15-33(7,8)37)29(21-25)35(27,11)36(28,30)12/h17-22,37-38H,1-12H3/t35-,36+. The maximum Gasteiger partial charge on any atom is 0.120 e. The summed E-state index contributed by atoms with van der Waals surface area (Å²) in [6, 6.07) is 0. The number of aliphatic hydroxyl groups is 2. The molecule has 0 aromatic carbocycles. The van der Waals surface area contributed by atoms with E-state index in [0.717, 1.165) is 11.1 Å². The zero-order valence-electron chi connectivity index (χ0n) is 25.4. The SMILES string of the molecule is CC(C)(O)C#CC1=CC2=CC(C(C)(C)C)=CC3=C(C#CC(C)(C)O)C=C4C=C(C(C)(C)C)C=C1[C@@]4(C)[C@]23C. The molecule has 0 fully saturated rings. The van der Waals surface area contributed by atoms with Crippen LogP contribution in [0, 0.1) is 45.3 Å². The number of rotatable bonds is 0. The summed E-state index contributed by atoms with van der Waals surface area (Å²) in [6.07, 6.45) is 13.8. The van der Waals surface area contributed by atoms with Crippen LogP contribution in [0.2, 0.25) is 0 Å². The smallest absolute Gasteiger partial charge is 0.120 e. The molecule has 200 valence electrons. The Hall–Kier alpha value is -2.78. The average molecular weight is 509 g/mol. The van der Waals surface area contributed by atoms with Gasteiger partial charge in [0.25, 0.3) is 0 Å². The summed E-state index contributed by atoms with van der Waals surface area (Å²) in [5, 5.41) is 21.0. The summed E-state index contributed by atoms with van der Waals surface area (Å²) < 4.78 is 0. The third-order valence-corrected chi connectivity index (χ3v) is 8.37. The van der Waals surface area contributed by atoms with Crippen LogP contribution < -0.4 is 0 Å². The van der Waals surface area contributed by atoms with E-state index in [9.17, 15) is 10.2 Å². The van der Waals surface area contributed by atoms with E-state index >= 15 is 0 Å². The summed E-state index contributed by atoms with van der Waals surface area (Å²) >= 11 is 0. The molecule has 0 bridgehead atoms. The summed E-state index contributed by atoms with van der Waals surface area (Å²) in [7, 11) is 0. The molecule has 0 saturated heterocycles. The van der Waals surface area contributed by atoms with Gasteiger partial charge in [-0.05, 0) is 84.1 Å². The van der Waals surface area contributed by atoms with Gasteiger partial charge in [-0.1, -0.05) is 103 Å². The highest BCUT2D eigenvalue weighted by Gasteiger charge is 2.59. The van der Waals surface area contributed by atoms with Crippen LogP contribution in [0.4, 0.5) is 0 Å². The average Bonchev–Trinajstić information content (AvgIpc) is 2.72. The summed E-state index contributed by atoms with van der Waals surface area (Å²) in [5.74, 6) is 12.9. The Morgan fingerprint density at radius 3 is 1.61 bits per heavy atom. The Kier molecular flexibility index (Phi) is 6.21. The number of hydrogen-bond donors (Lipinski definition) is 2. The topological polar surface area (TPSA) is 40.5 Å². The molecule has 2 heteroatoms. The van der Waals surface area contributed by atoms with Crippen LogP contribution in [0.5, 0.6) is 0 Å². The van der Waals surface area contributed by atoms with Gasteiger partial charge in [0.15, 0.2) is 0 Å². The first-order valence-corrected chi connectivity index (χ1v) is 13.7. The molecule has 0 aromatic heterocycles. The van der Waals surface area contributed by atoms with Crippen molar-refractivity contribution in [1.29, 1.82) is 0 Å². The van der Waals surface area contributed by atoms with E-state index in [1.165, 1.54) is 33.4 Å². The lowest BCUT2D eigenvalue weighted by molar-refractivity contribution is 0.143. The highest BCUT2D eigenvalue weighted by atomic mass is 16.3. The molecular weight excluding hydrogens is 464 g/mol. The van der Waals surface area contributed by atoms with Crippen LogP contribution in [0.3, 0.4) is 0 Å². The van der Waals surface area contributed by atoms with Crippen molar-refractivity contribution in [3.05, 3.63) is 81.0 Å². The van der Waals surface area contributed by atoms with Crippen LogP contribution in [0.25, 0.3) is 0 Å². The fourth-order valence-electron chi connectivity index (χ4n) is 5.78. The zero-order chi connectivity index (χ0) is 28.7. The molecule has 4 rings (SSSR count). The molecule has 0 amide bonds. The lowest BCUT2D eigenvalue weighted by atomic mass is 9.44. The molecule has 0 aromatic rings. The Morgan fingerprint density at radius 1 is 0.579 bits per heavy atom. The van der Waals surface area contributed by atoms with Crippen LogP contribution in [-0.4, -0.2) is 21.4 Å². The van der Waals surface area contributed by atoms with Crippen molar-refractivity contribution < 1.29 is 10.2 Å². The van der Waals surface area contributed by atoms with E-state index in [2.05, 4.69) is 116 Å². The van der Waals surface area contributed by atoms with Crippen molar-refractivity contribution in [1.82, 2.24) is 0 Å². The van der Waals surface area contributed by atoms with E-state index in [1.54, 1.807) is 27.7 Å². The highest BCUT2D eigenvalue weighted by Crippen LogP contribution is 2.68. The van der Waals surface area contributed by atoms with Crippen molar-refractivity contribution in [2.24, 2.45) is 21.7 Å². The van der Waals surface area contributed by atoms with Crippen LogP contribution >= 0.6 is 0 Å². The molecule has 4 aliphatic rings. The maximum atomic E-state index is 10.5. The lowest BCUT2D eigenvalue weighted by Gasteiger charge is -2.58. The van der Waals surface area contributed by atoms with Crippen LogP contribution in [0.15, 0.2) is 81.0 Å². The van der Waals surface area contributed by atoms with Gasteiger partial charge in [-0.2, -0.15) is 0 Å². The molecule has 0 unspecified atom stereocenters. The molecule has 2 N–H and O–H groups in total. The first kappa shape index (κ1) is 28.2.